The average Bonchev–Trinajstić information content (AvgIpc) is 2.85. The number of aromatic nitrogens is 2. The molecule has 0 aliphatic rings. The first-order chi connectivity index (χ1) is 6.95. The van der Waals surface area contributed by atoms with Gasteiger partial charge in [-0.25, -0.2) is 0 Å². The zero-order valence-corrected chi connectivity index (χ0v) is 7.42. The molecule has 3 heteroatoms. The lowest BCUT2D eigenvalue weighted by molar-refractivity contribution is 0.419. The van der Waals surface area contributed by atoms with Crippen LogP contribution in [0.1, 0.15) is 0 Å². The van der Waals surface area contributed by atoms with Crippen LogP contribution >= 0.6 is 0 Å². The number of fused-ring (bicyclic) bond motifs is 1. The summed E-state index contributed by atoms with van der Waals surface area (Å²) in [5, 5.41) is 4.91. The van der Waals surface area contributed by atoms with Crippen LogP contribution in [0.4, 0.5) is 0 Å². The molecule has 3 rings (SSSR count). The van der Waals surface area contributed by atoms with E-state index in [0.29, 0.717) is 0 Å². The van der Waals surface area contributed by atoms with Crippen LogP contribution in [0.5, 0.6) is 0 Å². The van der Waals surface area contributed by atoms with Crippen molar-refractivity contribution in [2.45, 2.75) is 0 Å². The maximum atomic E-state index is 4.82. The summed E-state index contributed by atoms with van der Waals surface area (Å²) in [6.07, 6.45) is 5.34. The van der Waals surface area contributed by atoms with Crippen molar-refractivity contribution in [3.8, 4) is 5.69 Å². The van der Waals surface area contributed by atoms with Crippen molar-refractivity contribution in [2.24, 2.45) is 0 Å². The lowest BCUT2D eigenvalue weighted by Gasteiger charge is -1.98. The molecule has 68 valence electrons. The summed E-state index contributed by atoms with van der Waals surface area (Å²) < 4.78 is 6.86. The fourth-order valence-corrected chi connectivity index (χ4v) is 1.63. The van der Waals surface area contributed by atoms with Gasteiger partial charge in [-0.15, -0.1) is 0 Å². The summed E-state index contributed by atoms with van der Waals surface area (Å²) in [4.78, 5) is 0. The van der Waals surface area contributed by atoms with Crippen molar-refractivity contribution >= 4 is 10.9 Å². The number of rotatable bonds is 1. The van der Waals surface area contributed by atoms with E-state index in [0.717, 1.165) is 11.2 Å². The van der Waals surface area contributed by atoms with Crippen LogP contribution in [0.25, 0.3) is 16.6 Å². The third-order valence-corrected chi connectivity index (χ3v) is 2.30. The van der Waals surface area contributed by atoms with Gasteiger partial charge in [-0.3, -0.25) is 0 Å². The highest BCUT2D eigenvalue weighted by Gasteiger charge is 2.02. The van der Waals surface area contributed by atoms with Gasteiger partial charge in [-0.1, -0.05) is 23.4 Å². The van der Waals surface area contributed by atoms with E-state index in [4.69, 9.17) is 4.52 Å². The maximum Gasteiger partial charge on any atom is 0.147 e. The van der Waals surface area contributed by atoms with Gasteiger partial charge in [0.15, 0.2) is 0 Å². The van der Waals surface area contributed by atoms with E-state index in [2.05, 4.69) is 23.4 Å². The van der Waals surface area contributed by atoms with Crippen molar-refractivity contribution in [1.29, 1.82) is 0 Å². The highest BCUT2D eigenvalue weighted by molar-refractivity contribution is 5.81. The molecule has 2 aromatic heterocycles. The first-order valence-electron chi connectivity index (χ1n) is 4.41. The molecule has 14 heavy (non-hydrogen) atoms. The van der Waals surface area contributed by atoms with Crippen LogP contribution in [0.3, 0.4) is 0 Å². The van der Waals surface area contributed by atoms with E-state index >= 15 is 0 Å². The smallest absolute Gasteiger partial charge is 0.147 e. The Hall–Kier alpha value is -2.03. The average molecular weight is 184 g/mol. The molecule has 1 aromatic carbocycles. The van der Waals surface area contributed by atoms with E-state index in [1.165, 1.54) is 5.39 Å². The topological polar surface area (TPSA) is 31.0 Å². The molecule has 0 aliphatic carbocycles. The minimum atomic E-state index is 0.950. The second-order valence-corrected chi connectivity index (χ2v) is 3.13. The maximum absolute atomic E-state index is 4.82. The van der Waals surface area contributed by atoms with Gasteiger partial charge >= 0.3 is 0 Å². The van der Waals surface area contributed by atoms with Gasteiger partial charge in [-0.2, -0.15) is 0 Å². The quantitative estimate of drug-likeness (QED) is 0.582. The Balaban J connectivity index is 2.33. The molecule has 2 heterocycles. The second-order valence-electron chi connectivity index (χ2n) is 3.13. The molecule has 0 unspecified atom stereocenters. The van der Waals surface area contributed by atoms with E-state index in [1.54, 1.807) is 12.5 Å². The third-order valence-electron chi connectivity index (χ3n) is 2.30. The van der Waals surface area contributed by atoms with Crippen LogP contribution in [0, 0.1) is 0 Å². The van der Waals surface area contributed by atoms with Gasteiger partial charge in [0.1, 0.15) is 12.0 Å². The van der Waals surface area contributed by atoms with Crippen LogP contribution in [-0.4, -0.2) is 9.72 Å². The lowest BCUT2D eigenvalue weighted by atomic mass is 10.2. The summed E-state index contributed by atoms with van der Waals surface area (Å²) in [5.41, 5.74) is 2.11. The van der Waals surface area contributed by atoms with E-state index in [9.17, 15) is 0 Å². The van der Waals surface area contributed by atoms with Crippen molar-refractivity contribution in [3.63, 3.8) is 0 Å². The Morgan fingerprint density at radius 2 is 2.07 bits per heavy atom. The molecule has 0 fully saturated rings. The Kier molecular flexibility index (Phi) is 1.44. The summed E-state index contributed by atoms with van der Waals surface area (Å²) in [6.45, 7) is 0. The van der Waals surface area contributed by atoms with Crippen LogP contribution in [0.2, 0.25) is 0 Å². The Morgan fingerprint density at radius 1 is 1.14 bits per heavy atom. The van der Waals surface area contributed by atoms with E-state index in [1.807, 2.05) is 22.9 Å². The summed E-state index contributed by atoms with van der Waals surface area (Å²) in [7, 11) is 0. The summed E-state index contributed by atoms with van der Waals surface area (Å²) in [6, 6.07) is 10.3. The molecule has 3 nitrogen and oxygen atoms in total. The molecule has 0 atom stereocenters. The van der Waals surface area contributed by atoms with Crippen molar-refractivity contribution in [2.75, 3.05) is 0 Å². The van der Waals surface area contributed by atoms with Crippen LogP contribution in [-0.2, 0) is 0 Å². The van der Waals surface area contributed by atoms with Crippen molar-refractivity contribution in [3.05, 3.63) is 49.0 Å². The molecule has 0 saturated heterocycles. The first kappa shape index (κ1) is 7.38. The second kappa shape index (κ2) is 2.73. The summed E-state index contributed by atoms with van der Waals surface area (Å²) >= 11 is 0. The Morgan fingerprint density at radius 3 is 2.93 bits per heavy atom. The normalized spacial score (nSPS) is 10.9. The van der Waals surface area contributed by atoms with Gasteiger partial charge in [0.05, 0.1) is 11.7 Å². The molecule has 0 amide bonds. The highest BCUT2D eigenvalue weighted by Crippen LogP contribution is 2.19. The predicted octanol–water partition coefficient (Wildman–Crippen LogP) is 2.62. The predicted molar refractivity (Wildman–Crippen MR) is 53.3 cm³/mol. The Labute approximate surface area is 80.6 Å². The van der Waals surface area contributed by atoms with Gasteiger partial charge in [0, 0.05) is 6.20 Å². The standard InChI is InChI=1S/C11H8N2O/c1-2-4-11-9(3-1)5-6-13(11)10-7-12-14-8-10/h1-8H. The van der Waals surface area contributed by atoms with Gasteiger partial charge in [0.2, 0.25) is 0 Å². The third kappa shape index (κ3) is 0.956. The Bertz CT molecular complexity index is 551. The van der Waals surface area contributed by atoms with Crippen LogP contribution in [0.15, 0.2) is 53.5 Å². The number of benzene rings is 1. The molecule has 0 spiro atoms. The molecule has 0 aliphatic heterocycles. The number of nitrogens with zero attached hydrogens (tertiary/aromatic N) is 2. The van der Waals surface area contributed by atoms with Crippen LogP contribution < -0.4 is 0 Å². The summed E-state index contributed by atoms with van der Waals surface area (Å²) in [5.74, 6) is 0. The monoisotopic (exact) mass is 184 g/mol. The van der Waals surface area contributed by atoms with Gasteiger partial charge in [-0.05, 0) is 17.5 Å². The molecule has 0 N–H and O–H groups in total. The zero-order chi connectivity index (χ0) is 9.38. The molecule has 0 bridgehead atoms. The highest BCUT2D eigenvalue weighted by atomic mass is 16.5. The van der Waals surface area contributed by atoms with E-state index < -0.39 is 0 Å². The molecular weight excluding hydrogens is 176 g/mol. The van der Waals surface area contributed by atoms with Crippen molar-refractivity contribution in [1.82, 2.24) is 9.72 Å². The minimum absolute atomic E-state index is 0.950. The first-order valence-corrected chi connectivity index (χ1v) is 4.41. The number of hydrogen-bond acceptors (Lipinski definition) is 2. The molecule has 3 aromatic rings. The molecule has 0 saturated carbocycles. The van der Waals surface area contributed by atoms with Gasteiger partial charge in [0.25, 0.3) is 0 Å². The van der Waals surface area contributed by atoms with Crippen molar-refractivity contribution < 1.29 is 4.52 Å². The molecular formula is C11H8N2O. The lowest BCUT2D eigenvalue weighted by Crippen LogP contribution is -1.87. The largest absolute Gasteiger partial charge is 0.362 e. The minimum Gasteiger partial charge on any atom is -0.362 e. The number of para-hydroxylation sites is 1. The zero-order valence-electron chi connectivity index (χ0n) is 7.42. The SMILES string of the molecule is c1ccc2c(c1)ccn2-c1cnoc1. The molecule has 0 radical (unpaired) electrons. The van der Waals surface area contributed by atoms with Gasteiger partial charge < -0.3 is 9.09 Å². The number of hydrogen-bond donors (Lipinski definition) is 0. The fourth-order valence-electron chi connectivity index (χ4n) is 1.63. The fraction of sp³-hybridized carbons (Fsp3) is 0. The van der Waals surface area contributed by atoms with E-state index in [-0.39, 0.29) is 0 Å².